The summed E-state index contributed by atoms with van der Waals surface area (Å²) in [6, 6.07) is 7.09. The Balaban J connectivity index is 1.64. The first kappa shape index (κ1) is 19.8. The summed E-state index contributed by atoms with van der Waals surface area (Å²) in [4.78, 5) is 30.8. The van der Waals surface area contributed by atoms with E-state index in [-0.39, 0.29) is 11.5 Å². The molecule has 0 saturated heterocycles. The molecule has 162 valence electrons. The average Bonchev–Trinajstić information content (AvgIpc) is 3.34. The fraction of sp³-hybridized carbons (Fsp3) is 0.238. The number of anilines is 2. The van der Waals surface area contributed by atoms with Crippen LogP contribution in [0, 0.1) is 0 Å². The van der Waals surface area contributed by atoms with Gasteiger partial charge in [0.1, 0.15) is 16.8 Å². The predicted octanol–water partition coefficient (Wildman–Crippen LogP) is 2.24. The fourth-order valence-corrected chi connectivity index (χ4v) is 3.51. The zero-order valence-electron chi connectivity index (χ0n) is 17.7. The third kappa shape index (κ3) is 3.28. The fourth-order valence-electron chi connectivity index (χ4n) is 3.51. The third-order valence-electron chi connectivity index (χ3n) is 5.12. The van der Waals surface area contributed by atoms with E-state index >= 15 is 0 Å². The summed E-state index contributed by atoms with van der Waals surface area (Å²) in [6.07, 6.45) is 4.87. The minimum Gasteiger partial charge on any atom is -0.384 e. The summed E-state index contributed by atoms with van der Waals surface area (Å²) in [7, 11) is 0. The van der Waals surface area contributed by atoms with Crippen LogP contribution in [0.3, 0.4) is 0 Å². The van der Waals surface area contributed by atoms with Crippen molar-refractivity contribution in [3.05, 3.63) is 58.9 Å². The van der Waals surface area contributed by atoms with Gasteiger partial charge in [0.15, 0.2) is 11.5 Å². The molecule has 3 N–H and O–H groups in total. The van der Waals surface area contributed by atoms with Gasteiger partial charge in [0.05, 0.1) is 17.4 Å². The van der Waals surface area contributed by atoms with Gasteiger partial charge in [-0.25, -0.2) is 24.3 Å². The highest BCUT2D eigenvalue weighted by molar-refractivity contribution is 5.80. The molecule has 0 amide bonds. The van der Waals surface area contributed by atoms with E-state index in [0.717, 1.165) is 10.9 Å². The molecule has 0 aliphatic carbocycles. The third-order valence-corrected chi connectivity index (χ3v) is 5.12. The molecule has 5 heterocycles. The van der Waals surface area contributed by atoms with Crippen molar-refractivity contribution >= 4 is 33.7 Å². The van der Waals surface area contributed by atoms with Gasteiger partial charge in [-0.05, 0) is 32.9 Å². The van der Waals surface area contributed by atoms with E-state index in [0.29, 0.717) is 34.9 Å². The lowest BCUT2D eigenvalue weighted by Gasteiger charge is -2.18. The number of pyridine rings is 2. The molecule has 0 atom stereocenters. The van der Waals surface area contributed by atoms with Crippen molar-refractivity contribution in [2.24, 2.45) is 0 Å². The lowest BCUT2D eigenvalue weighted by atomic mass is 10.1. The molecule has 0 spiro atoms. The Morgan fingerprint density at radius 3 is 2.78 bits per heavy atom. The topological polar surface area (TPSA) is 139 Å². The highest BCUT2D eigenvalue weighted by Crippen LogP contribution is 2.22. The van der Waals surface area contributed by atoms with Crippen LogP contribution in [0.4, 0.5) is 11.8 Å². The van der Waals surface area contributed by atoms with Gasteiger partial charge in [-0.15, -0.1) is 0 Å². The number of hydrogen-bond donors (Lipinski definition) is 3. The molecule has 0 radical (unpaired) electrons. The van der Waals surface area contributed by atoms with Crippen molar-refractivity contribution < 1.29 is 5.11 Å². The van der Waals surface area contributed by atoms with E-state index in [2.05, 4.69) is 35.5 Å². The second-order valence-corrected chi connectivity index (χ2v) is 7.86. The lowest BCUT2D eigenvalue weighted by Crippen LogP contribution is -2.23. The Morgan fingerprint density at radius 2 is 2.00 bits per heavy atom. The molecule has 5 rings (SSSR count). The Kier molecular flexibility index (Phi) is 4.48. The normalized spacial score (nSPS) is 12.0. The Morgan fingerprint density at radius 1 is 1.16 bits per heavy atom. The number of rotatable bonds is 5. The van der Waals surface area contributed by atoms with Crippen LogP contribution in [0.15, 0.2) is 47.7 Å². The Bertz CT molecular complexity index is 1510. The number of fused-ring (bicyclic) bond motifs is 2. The maximum absolute atomic E-state index is 13.0. The van der Waals surface area contributed by atoms with E-state index in [1.165, 1.54) is 10.9 Å². The minimum absolute atomic E-state index is 0.221. The molecule has 0 saturated carbocycles. The second-order valence-electron chi connectivity index (χ2n) is 7.86. The first-order valence-corrected chi connectivity index (χ1v) is 10.1. The number of H-pyrrole nitrogens is 1. The van der Waals surface area contributed by atoms with Crippen LogP contribution in [-0.4, -0.2) is 44.6 Å². The number of aliphatic hydroxyl groups is 1. The Hall–Kier alpha value is -4.12. The highest BCUT2D eigenvalue weighted by Gasteiger charge is 2.21. The van der Waals surface area contributed by atoms with E-state index in [1.54, 1.807) is 55.2 Å². The number of nitrogens with zero attached hydrogens (tertiary/aromatic N) is 7. The Labute approximate surface area is 181 Å². The smallest absolute Gasteiger partial charge is 0.278 e. The first-order valence-electron chi connectivity index (χ1n) is 10.1. The zero-order chi connectivity index (χ0) is 22.5. The van der Waals surface area contributed by atoms with Crippen molar-refractivity contribution in [3.63, 3.8) is 0 Å². The maximum Gasteiger partial charge on any atom is 0.278 e. The number of nitrogens with one attached hydrogen (secondary N) is 2. The molecule has 0 bridgehead atoms. The monoisotopic (exact) mass is 431 g/mol. The molecule has 32 heavy (non-hydrogen) atoms. The van der Waals surface area contributed by atoms with E-state index < -0.39 is 5.60 Å². The van der Waals surface area contributed by atoms with Crippen LogP contribution in [0.5, 0.6) is 0 Å². The van der Waals surface area contributed by atoms with Gasteiger partial charge in [0, 0.05) is 30.4 Å². The first-order chi connectivity index (χ1) is 15.3. The minimum atomic E-state index is -1.13. The SMILES string of the molecule is CCn1c(=O)c2cnc(Nc3cc4[nH]ncc4cn3)nc2n1-c1cccc(C(C)(C)O)n1. The number of hydrogen-bond acceptors (Lipinski definition) is 8. The zero-order valence-corrected chi connectivity index (χ0v) is 17.7. The molecule has 0 aliphatic heterocycles. The standard InChI is InChI=1S/C21H21N9O2/c1-4-29-19(31)13-11-23-20(26-16-8-14-12(9-22-16)10-24-28-14)27-18(13)30(29)17-7-5-6-15(25-17)21(2,3)32/h5-11,32H,4H2,1-3H3,(H,24,28)(H,22,23,26,27). The summed E-state index contributed by atoms with van der Waals surface area (Å²) in [6.45, 7) is 5.60. The average molecular weight is 431 g/mol. The van der Waals surface area contributed by atoms with Crippen LogP contribution in [0.25, 0.3) is 27.8 Å². The van der Waals surface area contributed by atoms with Gasteiger partial charge in [0.25, 0.3) is 5.56 Å². The quantitative estimate of drug-likeness (QED) is 0.385. The van der Waals surface area contributed by atoms with Gasteiger partial charge in [-0.3, -0.25) is 9.89 Å². The largest absolute Gasteiger partial charge is 0.384 e. The molecule has 11 nitrogen and oxygen atoms in total. The van der Waals surface area contributed by atoms with Crippen LogP contribution in [-0.2, 0) is 12.1 Å². The number of aromatic amines is 1. The molecular weight excluding hydrogens is 410 g/mol. The van der Waals surface area contributed by atoms with Gasteiger partial charge >= 0.3 is 0 Å². The van der Waals surface area contributed by atoms with E-state index in [4.69, 9.17) is 0 Å². The summed E-state index contributed by atoms with van der Waals surface area (Å²) in [5, 5.41) is 21.6. The van der Waals surface area contributed by atoms with Gasteiger partial charge in [0.2, 0.25) is 5.95 Å². The van der Waals surface area contributed by atoms with Crippen LogP contribution >= 0.6 is 0 Å². The maximum atomic E-state index is 13.0. The predicted molar refractivity (Wildman–Crippen MR) is 119 cm³/mol. The molecule has 0 aliphatic rings. The molecule has 5 aromatic rings. The molecular formula is C21H21N9O2. The van der Waals surface area contributed by atoms with Crippen molar-refractivity contribution in [2.45, 2.75) is 32.9 Å². The van der Waals surface area contributed by atoms with Crippen molar-refractivity contribution in [1.29, 1.82) is 0 Å². The van der Waals surface area contributed by atoms with Crippen LogP contribution in [0.2, 0.25) is 0 Å². The van der Waals surface area contributed by atoms with Crippen LogP contribution < -0.4 is 10.9 Å². The van der Waals surface area contributed by atoms with Gasteiger partial charge in [-0.1, -0.05) is 6.07 Å². The summed E-state index contributed by atoms with van der Waals surface area (Å²) >= 11 is 0. The van der Waals surface area contributed by atoms with Crippen molar-refractivity contribution in [1.82, 2.24) is 39.5 Å². The van der Waals surface area contributed by atoms with Crippen molar-refractivity contribution in [3.8, 4) is 5.82 Å². The highest BCUT2D eigenvalue weighted by atomic mass is 16.3. The summed E-state index contributed by atoms with van der Waals surface area (Å²) in [5.74, 6) is 1.29. The van der Waals surface area contributed by atoms with Crippen molar-refractivity contribution in [2.75, 3.05) is 5.32 Å². The van der Waals surface area contributed by atoms with Gasteiger partial charge in [-0.2, -0.15) is 10.1 Å². The van der Waals surface area contributed by atoms with E-state index in [1.807, 2.05) is 6.92 Å². The summed E-state index contributed by atoms with van der Waals surface area (Å²) in [5.41, 5.74) is 0.357. The molecule has 5 aromatic heterocycles. The number of aromatic nitrogens is 8. The molecule has 0 fully saturated rings. The molecule has 0 aromatic carbocycles. The molecule has 11 heteroatoms. The van der Waals surface area contributed by atoms with E-state index in [9.17, 15) is 9.90 Å². The summed E-state index contributed by atoms with van der Waals surface area (Å²) < 4.78 is 3.18. The second kappa shape index (κ2) is 7.24. The lowest BCUT2D eigenvalue weighted by molar-refractivity contribution is 0.0738. The van der Waals surface area contributed by atoms with Crippen LogP contribution in [0.1, 0.15) is 26.5 Å². The van der Waals surface area contributed by atoms with Gasteiger partial charge < -0.3 is 10.4 Å². The molecule has 0 unspecified atom stereocenters.